The SMILES string of the molecule is CN(C)c1ccc(N/C=C/C(=O)c2cccs2)cc1. The molecule has 0 aliphatic heterocycles. The van der Waals surface area contributed by atoms with Gasteiger partial charge in [-0.15, -0.1) is 11.3 Å². The lowest BCUT2D eigenvalue weighted by atomic mass is 10.2. The van der Waals surface area contributed by atoms with Gasteiger partial charge in [0.25, 0.3) is 0 Å². The zero-order valence-corrected chi connectivity index (χ0v) is 11.8. The van der Waals surface area contributed by atoms with Crippen molar-refractivity contribution in [3.05, 3.63) is 58.9 Å². The Bertz CT molecular complexity index is 556. The predicted octanol–water partition coefficient (Wildman–Crippen LogP) is 3.62. The van der Waals surface area contributed by atoms with Crippen molar-refractivity contribution in [2.45, 2.75) is 0 Å². The first-order valence-electron chi connectivity index (χ1n) is 5.95. The van der Waals surface area contributed by atoms with Crippen molar-refractivity contribution in [3.63, 3.8) is 0 Å². The Morgan fingerprint density at radius 1 is 1.21 bits per heavy atom. The van der Waals surface area contributed by atoms with Crippen LogP contribution < -0.4 is 10.2 Å². The highest BCUT2D eigenvalue weighted by Gasteiger charge is 2.01. The van der Waals surface area contributed by atoms with Crippen LogP contribution in [0.5, 0.6) is 0 Å². The van der Waals surface area contributed by atoms with Gasteiger partial charge in [-0.25, -0.2) is 0 Å². The molecule has 1 N–H and O–H groups in total. The van der Waals surface area contributed by atoms with Crippen LogP contribution in [0.4, 0.5) is 11.4 Å². The summed E-state index contributed by atoms with van der Waals surface area (Å²) in [7, 11) is 4.00. The molecule has 1 heterocycles. The number of carbonyl (C=O) groups excluding carboxylic acids is 1. The maximum atomic E-state index is 11.7. The van der Waals surface area contributed by atoms with Crippen LogP contribution in [-0.4, -0.2) is 19.9 Å². The van der Waals surface area contributed by atoms with Crippen LogP contribution in [0.1, 0.15) is 9.67 Å². The molecule has 0 atom stereocenters. The second-order valence-corrected chi connectivity index (χ2v) is 5.21. The van der Waals surface area contributed by atoms with Crippen LogP contribution in [0.3, 0.4) is 0 Å². The van der Waals surface area contributed by atoms with Crippen molar-refractivity contribution in [1.82, 2.24) is 0 Å². The van der Waals surface area contributed by atoms with Crippen LogP contribution >= 0.6 is 11.3 Å². The number of anilines is 2. The minimum atomic E-state index is 0.0208. The summed E-state index contributed by atoms with van der Waals surface area (Å²) >= 11 is 1.45. The lowest BCUT2D eigenvalue weighted by Gasteiger charge is -2.12. The first-order chi connectivity index (χ1) is 9.16. The molecule has 19 heavy (non-hydrogen) atoms. The van der Waals surface area contributed by atoms with E-state index in [1.807, 2.05) is 60.8 Å². The average molecular weight is 272 g/mol. The molecule has 0 aliphatic rings. The Morgan fingerprint density at radius 3 is 2.53 bits per heavy atom. The topological polar surface area (TPSA) is 32.3 Å². The standard InChI is InChI=1S/C15H16N2OS/c1-17(2)13-7-5-12(6-8-13)16-10-9-14(18)15-4-3-11-19-15/h3-11,16H,1-2H3/b10-9+. The van der Waals surface area contributed by atoms with Crippen molar-refractivity contribution in [3.8, 4) is 0 Å². The van der Waals surface area contributed by atoms with Crippen LogP contribution in [0, 0.1) is 0 Å². The van der Waals surface area contributed by atoms with Crippen LogP contribution in [0.15, 0.2) is 54.1 Å². The number of ketones is 1. The van der Waals surface area contributed by atoms with E-state index in [4.69, 9.17) is 0 Å². The summed E-state index contributed by atoms with van der Waals surface area (Å²) in [5, 5.41) is 4.99. The smallest absolute Gasteiger partial charge is 0.197 e. The minimum absolute atomic E-state index is 0.0208. The van der Waals surface area contributed by atoms with Gasteiger partial charge in [0, 0.05) is 37.7 Å². The van der Waals surface area contributed by atoms with Gasteiger partial charge in [-0.3, -0.25) is 4.79 Å². The average Bonchev–Trinajstić information content (AvgIpc) is 2.93. The van der Waals surface area contributed by atoms with Gasteiger partial charge < -0.3 is 10.2 Å². The van der Waals surface area contributed by atoms with E-state index in [1.54, 1.807) is 12.3 Å². The van der Waals surface area contributed by atoms with E-state index in [1.165, 1.54) is 11.3 Å². The van der Waals surface area contributed by atoms with Gasteiger partial charge in [-0.1, -0.05) is 6.07 Å². The Balaban J connectivity index is 1.93. The summed E-state index contributed by atoms with van der Waals surface area (Å²) in [5.41, 5.74) is 2.10. The van der Waals surface area contributed by atoms with Crippen molar-refractivity contribution >= 4 is 28.5 Å². The largest absolute Gasteiger partial charge is 0.378 e. The Hall–Kier alpha value is -2.07. The number of hydrogen-bond acceptors (Lipinski definition) is 4. The highest BCUT2D eigenvalue weighted by molar-refractivity contribution is 7.12. The fourth-order valence-corrected chi connectivity index (χ4v) is 2.22. The number of benzene rings is 1. The zero-order valence-electron chi connectivity index (χ0n) is 11.0. The van der Waals surface area contributed by atoms with E-state index in [0.717, 1.165) is 16.3 Å². The summed E-state index contributed by atoms with van der Waals surface area (Å²) in [6, 6.07) is 11.7. The number of carbonyl (C=O) groups is 1. The number of thiophene rings is 1. The molecule has 1 aromatic carbocycles. The molecule has 0 radical (unpaired) electrons. The predicted molar refractivity (Wildman–Crippen MR) is 82.2 cm³/mol. The second-order valence-electron chi connectivity index (χ2n) is 4.26. The molecule has 0 saturated carbocycles. The summed E-state index contributed by atoms with van der Waals surface area (Å²) in [4.78, 5) is 14.5. The third-order valence-electron chi connectivity index (χ3n) is 2.63. The van der Waals surface area contributed by atoms with Gasteiger partial charge in [0.2, 0.25) is 0 Å². The van der Waals surface area contributed by atoms with Gasteiger partial charge in [0.1, 0.15) is 0 Å². The van der Waals surface area contributed by atoms with Gasteiger partial charge in [-0.2, -0.15) is 0 Å². The van der Waals surface area contributed by atoms with Gasteiger partial charge >= 0.3 is 0 Å². The molecule has 3 nitrogen and oxygen atoms in total. The fraction of sp³-hybridized carbons (Fsp3) is 0.133. The van der Waals surface area contributed by atoms with Crippen LogP contribution in [0.25, 0.3) is 0 Å². The lowest BCUT2D eigenvalue weighted by molar-refractivity contribution is 0.105. The van der Waals surface area contributed by atoms with Gasteiger partial charge in [0.15, 0.2) is 5.78 Å². The number of allylic oxidation sites excluding steroid dienone is 1. The maximum absolute atomic E-state index is 11.7. The number of rotatable bonds is 5. The molecule has 0 amide bonds. The van der Waals surface area contributed by atoms with Gasteiger partial charge in [-0.05, 0) is 35.7 Å². The molecule has 2 rings (SSSR count). The highest BCUT2D eigenvalue weighted by Crippen LogP contribution is 2.15. The molecule has 4 heteroatoms. The Labute approximate surface area is 117 Å². The second kappa shape index (κ2) is 6.20. The van der Waals surface area contributed by atoms with E-state index in [2.05, 4.69) is 5.32 Å². The Kier molecular flexibility index (Phi) is 4.36. The third-order valence-corrected chi connectivity index (χ3v) is 3.52. The monoisotopic (exact) mass is 272 g/mol. The van der Waals surface area contributed by atoms with Crippen molar-refractivity contribution in [2.24, 2.45) is 0 Å². The maximum Gasteiger partial charge on any atom is 0.197 e. The van der Waals surface area contributed by atoms with E-state index in [-0.39, 0.29) is 5.78 Å². The molecule has 98 valence electrons. The molecule has 0 spiro atoms. The molecule has 0 bridgehead atoms. The van der Waals surface area contributed by atoms with Crippen molar-refractivity contribution in [1.29, 1.82) is 0 Å². The van der Waals surface area contributed by atoms with Gasteiger partial charge in [0.05, 0.1) is 4.88 Å². The lowest BCUT2D eigenvalue weighted by Crippen LogP contribution is -2.08. The first kappa shape index (κ1) is 13.4. The zero-order chi connectivity index (χ0) is 13.7. The van der Waals surface area contributed by atoms with Crippen LogP contribution in [-0.2, 0) is 0 Å². The molecular weight excluding hydrogens is 256 g/mol. The summed E-state index contributed by atoms with van der Waals surface area (Å²) in [6.07, 6.45) is 3.22. The van der Waals surface area contributed by atoms with Crippen LogP contribution in [0.2, 0.25) is 0 Å². The van der Waals surface area contributed by atoms with E-state index >= 15 is 0 Å². The summed E-state index contributed by atoms with van der Waals surface area (Å²) in [5.74, 6) is 0.0208. The molecule has 1 aromatic heterocycles. The van der Waals surface area contributed by atoms with E-state index < -0.39 is 0 Å². The minimum Gasteiger partial charge on any atom is -0.378 e. The normalized spacial score (nSPS) is 10.6. The number of nitrogens with zero attached hydrogens (tertiary/aromatic N) is 1. The molecule has 0 saturated heterocycles. The quantitative estimate of drug-likeness (QED) is 0.666. The third kappa shape index (κ3) is 3.69. The molecule has 0 unspecified atom stereocenters. The highest BCUT2D eigenvalue weighted by atomic mass is 32.1. The first-order valence-corrected chi connectivity index (χ1v) is 6.83. The molecule has 0 aliphatic carbocycles. The fourth-order valence-electron chi connectivity index (χ4n) is 1.57. The van der Waals surface area contributed by atoms with E-state index in [0.29, 0.717) is 0 Å². The van der Waals surface area contributed by atoms with Crippen molar-refractivity contribution < 1.29 is 4.79 Å². The molecule has 0 fully saturated rings. The summed E-state index contributed by atoms with van der Waals surface area (Å²) in [6.45, 7) is 0. The van der Waals surface area contributed by atoms with E-state index in [9.17, 15) is 4.79 Å². The number of hydrogen-bond donors (Lipinski definition) is 1. The number of nitrogens with one attached hydrogen (secondary N) is 1. The summed E-state index contributed by atoms with van der Waals surface area (Å²) < 4.78 is 0. The molecule has 2 aromatic rings. The molecular formula is C15H16N2OS. The Morgan fingerprint density at radius 2 is 1.95 bits per heavy atom. The van der Waals surface area contributed by atoms with Crippen molar-refractivity contribution in [2.75, 3.05) is 24.3 Å².